The van der Waals surface area contributed by atoms with Gasteiger partial charge in [0, 0.05) is 11.1 Å². The third kappa shape index (κ3) is 3.06. The second kappa shape index (κ2) is 7.56. The van der Waals surface area contributed by atoms with Crippen LogP contribution < -0.4 is 10.1 Å². The van der Waals surface area contributed by atoms with Gasteiger partial charge in [0.1, 0.15) is 22.5 Å². The van der Waals surface area contributed by atoms with Gasteiger partial charge in [-0.25, -0.2) is 14.5 Å². The average molecular weight is 423 g/mol. The number of fused-ring (bicyclic) bond motifs is 4. The van der Waals surface area contributed by atoms with Crippen molar-refractivity contribution in [2.75, 3.05) is 19.0 Å². The number of nitrogens with one attached hydrogen (secondary N) is 1. The number of aromatic nitrogens is 4. The predicted molar refractivity (Wildman–Crippen MR) is 115 cm³/mol. The van der Waals surface area contributed by atoms with Crippen molar-refractivity contribution in [2.24, 2.45) is 5.92 Å². The Bertz CT molecular complexity index is 1250. The summed E-state index contributed by atoms with van der Waals surface area (Å²) in [5.41, 5.74) is 2.91. The summed E-state index contributed by atoms with van der Waals surface area (Å²) in [7, 11) is 1.64. The predicted octanol–water partition coefficient (Wildman–Crippen LogP) is 3.76. The molecule has 0 saturated heterocycles. The molecule has 1 atom stereocenters. The van der Waals surface area contributed by atoms with Crippen LogP contribution in [0.1, 0.15) is 23.8 Å². The van der Waals surface area contributed by atoms with Crippen molar-refractivity contribution in [3.63, 3.8) is 0 Å². The Labute approximate surface area is 176 Å². The molecule has 4 aromatic heterocycles. The molecule has 4 aromatic rings. The van der Waals surface area contributed by atoms with E-state index in [0.717, 1.165) is 40.1 Å². The molecule has 0 saturated carbocycles. The molecule has 9 heteroatoms. The summed E-state index contributed by atoms with van der Waals surface area (Å²) in [5.74, 6) is 1.26. The van der Waals surface area contributed by atoms with Gasteiger partial charge in [-0.05, 0) is 43.9 Å². The summed E-state index contributed by atoms with van der Waals surface area (Å²) in [5, 5.41) is 8.72. The van der Waals surface area contributed by atoms with Crippen LogP contribution in [0.5, 0.6) is 5.75 Å². The number of esters is 1. The molecule has 4 heterocycles. The number of hydrogen-bond acceptors (Lipinski definition) is 8. The highest BCUT2D eigenvalue weighted by atomic mass is 32.1. The third-order valence-electron chi connectivity index (χ3n) is 5.45. The molecule has 0 spiro atoms. The van der Waals surface area contributed by atoms with Crippen LogP contribution >= 0.6 is 11.3 Å². The maximum atomic E-state index is 12.2. The number of ether oxygens (including phenoxy) is 2. The minimum Gasteiger partial charge on any atom is -0.492 e. The van der Waals surface area contributed by atoms with Gasteiger partial charge in [0.25, 0.3) is 0 Å². The first-order valence-corrected chi connectivity index (χ1v) is 10.7. The SMILES string of the molecule is CCOC(=O)[C@H]1CCc2c(sc3ncnc(Nc4ccn5nccc5c4OC)c23)C1. The second-order valence-electron chi connectivity index (χ2n) is 7.15. The Morgan fingerprint density at radius 2 is 2.27 bits per heavy atom. The molecule has 0 aromatic carbocycles. The number of rotatable bonds is 5. The van der Waals surface area contributed by atoms with Gasteiger partial charge in [0.05, 0.1) is 36.9 Å². The van der Waals surface area contributed by atoms with Crippen molar-refractivity contribution in [2.45, 2.75) is 26.2 Å². The number of methoxy groups -OCH3 is 1. The lowest BCUT2D eigenvalue weighted by Gasteiger charge is -2.21. The summed E-state index contributed by atoms with van der Waals surface area (Å²) in [4.78, 5) is 23.3. The molecule has 1 N–H and O–H groups in total. The molecule has 0 fully saturated rings. The molecule has 0 amide bonds. The lowest BCUT2D eigenvalue weighted by Crippen LogP contribution is -2.23. The number of carbonyl (C=O) groups excluding carboxylic acids is 1. The quantitative estimate of drug-likeness (QED) is 0.489. The van der Waals surface area contributed by atoms with E-state index >= 15 is 0 Å². The Balaban J connectivity index is 1.53. The number of thiophene rings is 1. The zero-order valence-electron chi connectivity index (χ0n) is 16.7. The Hall–Kier alpha value is -3.20. The summed E-state index contributed by atoms with van der Waals surface area (Å²) in [6.45, 7) is 2.26. The maximum absolute atomic E-state index is 12.2. The zero-order chi connectivity index (χ0) is 20.7. The highest BCUT2D eigenvalue weighted by molar-refractivity contribution is 7.19. The van der Waals surface area contributed by atoms with Crippen molar-refractivity contribution < 1.29 is 14.3 Å². The fraction of sp³-hybridized carbons (Fsp3) is 0.333. The summed E-state index contributed by atoms with van der Waals surface area (Å²) in [6.07, 6.45) is 7.46. The molecule has 1 aliphatic carbocycles. The van der Waals surface area contributed by atoms with Crippen molar-refractivity contribution in [1.29, 1.82) is 0 Å². The van der Waals surface area contributed by atoms with Crippen LogP contribution in [0.3, 0.4) is 0 Å². The van der Waals surface area contributed by atoms with E-state index in [1.165, 1.54) is 10.4 Å². The first-order valence-electron chi connectivity index (χ1n) is 9.88. The summed E-state index contributed by atoms with van der Waals surface area (Å²) >= 11 is 1.63. The van der Waals surface area contributed by atoms with Crippen molar-refractivity contribution >= 4 is 44.5 Å². The topological polar surface area (TPSA) is 90.6 Å². The molecular formula is C21H21N5O3S. The van der Waals surface area contributed by atoms with E-state index in [1.807, 2.05) is 25.3 Å². The highest BCUT2D eigenvalue weighted by Gasteiger charge is 2.30. The molecule has 0 radical (unpaired) electrons. The molecule has 154 valence electrons. The van der Waals surface area contributed by atoms with E-state index in [-0.39, 0.29) is 11.9 Å². The van der Waals surface area contributed by atoms with E-state index in [1.54, 1.807) is 35.5 Å². The normalized spacial score (nSPS) is 15.9. The third-order valence-corrected chi connectivity index (χ3v) is 6.61. The van der Waals surface area contributed by atoms with Gasteiger partial charge in [-0.3, -0.25) is 4.79 Å². The molecular weight excluding hydrogens is 402 g/mol. The number of nitrogens with zero attached hydrogens (tertiary/aromatic N) is 4. The number of pyridine rings is 1. The summed E-state index contributed by atoms with van der Waals surface area (Å²) in [6, 6.07) is 3.82. The Kier molecular flexibility index (Phi) is 4.74. The average Bonchev–Trinajstić information content (AvgIpc) is 3.38. The Morgan fingerprint density at radius 1 is 1.37 bits per heavy atom. The number of carbonyl (C=O) groups is 1. The van der Waals surface area contributed by atoms with Crippen LogP contribution in [-0.2, 0) is 22.4 Å². The van der Waals surface area contributed by atoms with Crippen LogP contribution in [0, 0.1) is 5.92 Å². The van der Waals surface area contributed by atoms with Crippen molar-refractivity contribution in [1.82, 2.24) is 19.6 Å². The largest absolute Gasteiger partial charge is 0.492 e. The van der Waals surface area contributed by atoms with Gasteiger partial charge >= 0.3 is 5.97 Å². The number of hydrogen-bond donors (Lipinski definition) is 1. The zero-order valence-corrected chi connectivity index (χ0v) is 17.5. The Morgan fingerprint density at radius 3 is 3.10 bits per heavy atom. The summed E-state index contributed by atoms with van der Waals surface area (Å²) < 4.78 is 12.6. The fourth-order valence-corrected chi connectivity index (χ4v) is 5.35. The van der Waals surface area contributed by atoms with Gasteiger partial charge in [-0.1, -0.05) is 0 Å². The van der Waals surface area contributed by atoms with Gasteiger partial charge in [-0.15, -0.1) is 11.3 Å². The smallest absolute Gasteiger partial charge is 0.309 e. The first-order chi connectivity index (χ1) is 14.7. The van der Waals surface area contributed by atoms with E-state index in [0.29, 0.717) is 18.8 Å². The van der Waals surface area contributed by atoms with Crippen molar-refractivity contribution in [3.8, 4) is 5.75 Å². The number of aryl methyl sites for hydroxylation is 1. The monoisotopic (exact) mass is 423 g/mol. The van der Waals surface area contributed by atoms with Crippen LogP contribution in [0.15, 0.2) is 30.9 Å². The van der Waals surface area contributed by atoms with Gasteiger partial charge in [-0.2, -0.15) is 5.10 Å². The minimum absolute atomic E-state index is 0.0840. The molecule has 0 aliphatic heterocycles. The lowest BCUT2D eigenvalue weighted by atomic mass is 9.88. The molecule has 0 bridgehead atoms. The second-order valence-corrected chi connectivity index (χ2v) is 8.23. The van der Waals surface area contributed by atoms with E-state index in [4.69, 9.17) is 9.47 Å². The molecule has 8 nitrogen and oxygen atoms in total. The molecule has 5 rings (SSSR count). The van der Waals surface area contributed by atoms with Crippen LogP contribution in [0.25, 0.3) is 15.7 Å². The van der Waals surface area contributed by atoms with Crippen molar-refractivity contribution in [3.05, 3.63) is 41.3 Å². The van der Waals surface area contributed by atoms with Crippen LogP contribution in [0.2, 0.25) is 0 Å². The van der Waals surface area contributed by atoms with Gasteiger partial charge in [0.15, 0.2) is 5.75 Å². The number of anilines is 2. The van der Waals surface area contributed by atoms with E-state index in [9.17, 15) is 4.79 Å². The van der Waals surface area contributed by atoms with Gasteiger partial charge in [0.2, 0.25) is 0 Å². The molecule has 30 heavy (non-hydrogen) atoms. The van der Waals surface area contributed by atoms with E-state index in [2.05, 4.69) is 20.4 Å². The molecule has 1 aliphatic rings. The lowest BCUT2D eigenvalue weighted by molar-refractivity contribution is -0.148. The van der Waals surface area contributed by atoms with Crippen LogP contribution in [0.4, 0.5) is 11.5 Å². The minimum atomic E-state index is -0.108. The highest BCUT2D eigenvalue weighted by Crippen LogP contribution is 2.41. The van der Waals surface area contributed by atoms with Crippen LogP contribution in [-0.4, -0.2) is 39.3 Å². The standard InChI is InChI=1S/C21H21N5O3S/c1-3-29-21(27)12-4-5-13-16(10-12)30-20-17(13)19(22-11-23-20)25-14-7-9-26-15(6-8-24-26)18(14)28-2/h6-9,11-12H,3-5,10H2,1-2H3,(H,22,23,25)/t12-/m0/s1. The maximum Gasteiger partial charge on any atom is 0.309 e. The first kappa shape index (κ1) is 18.8. The van der Waals surface area contributed by atoms with E-state index < -0.39 is 0 Å². The van der Waals surface area contributed by atoms with Gasteiger partial charge < -0.3 is 14.8 Å². The molecule has 0 unspecified atom stereocenters. The fourth-order valence-electron chi connectivity index (χ4n) is 4.08.